The number of sulfonamides is 1. The predicted octanol–water partition coefficient (Wildman–Crippen LogP) is 4.44. The van der Waals surface area contributed by atoms with Crippen molar-refractivity contribution in [2.75, 3.05) is 19.4 Å². The fourth-order valence-corrected chi connectivity index (χ4v) is 6.24. The molecular formula is C16H15Cl2NO3S2. The second-order valence-electron chi connectivity index (χ2n) is 5.16. The van der Waals surface area contributed by atoms with Crippen LogP contribution in [0.1, 0.15) is 10.9 Å². The first kappa shape index (κ1) is 17.9. The van der Waals surface area contributed by atoms with Gasteiger partial charge in [-0.15, -0.1) is 11.8 Å². The summed E-state index contributed by atoms with van der Waals surface area (Å²) < 4.78 is 33.0. The Labute approximate surface area is 155 Å². The van der Waals surface area contributed by atoms with E-state index in [4.69, 9.17) is 27.9 Å². The van der Waals surface area contributed by atoms with E-state index in [1.165, 1.54) is 22.5 Å². The molecule has 1 fully saturated rings. The van der Waals surface area contributed by atoms with Gasteiger partial charge in [-0.1, -0.05) is 41.4 Å². The number of para-hydroxylation sites is 1. The van der Waals surface area contributed by atoms with E-state index >= 15 is 0 Å². The van der Waals surface area contributed by atoms with Crippen molar-refractivity contribution >= 4 is 45.0 Å². The Hall–Kier alpha value is -0.920. The number of benzene rings is 2. The van der Waals surface area contributed by atoms with E-state index in [0.29, 0.717) is 23.1 Å². The standard InChI is InChI=1S/C16H15Cl2NO3S2/c1-22-15-5-3-2-4-12(15)16-19(8-9-23-16)24(20,21)11-6-7-13(17)14(18)10-11/h2-7,10,16H,8-9H2,1H3/t16-/m1/s1. The van der Waals surface area contributed by atoms with Crippen LogP contribution in [0, 0.1) is 0 Å². The van der Waals surface area contributed by atoms with Crippen LogP contribution in [0.3, 0.4) is 0 Å². The van der Waals surface area contributed by atoms with Crippen LogP contribution in [0.5, 0.6) is 5.75 Å². The van der Waals surface area contributed by atoms with Crippen LogP contribution in [0.15, 0.2) is 47.4 Å². The zero-order chi connectivity index (χ0) is 17.3. The summed E-state index contributed by atoms with van der Waals surface area (Å²) in [6, 6.07) is 11.8. The van der Waals surface area contributed by atoms with Gasteiger partial charge in [-0.25, -0.2) is 8.42 Å². The monoisotopic (exact) mass is 403 g/mol. The van der Waals surface area contributed by atoms with Crippen molar-refractivity contribution in [1.82, 2.24) is 4.31 Å². The minimum Gasteiger partial charge on any atom is -0.496 e. The van der Waals surface area contributed by atoms with Crippen LogP contribution in [-0.2, 0) is 10.0 Å². The Kier molecular flexibility index (Phi) is 5.32. The summed E-state index contributed by atoms with van der Waals surface area (Å²) in [6.07, 6.45) is 0. The first-order valence-corrected chi connectivity index (χ1v) is 10.4. The van der Waals surface area contributed by atoms with E-state index in [2.05, 4.69) is 0 Å². The molecule has 0 N–H and O–H groups in total. The van der Waals surface area contributed by atoms with Gasteiger partial charge in [0.25, 0.3) is 0 Å². The van der Waals surface area contributed by atoms with Crippen LogP contribution < -0.4 is 4.74 Å². The maximum atomic E-state index is 13.1. The van der Waals surface area contributed by atoms with Gasteiger partial charge in [0.1, 0.15) is 5.75 Å². The van der Waals surface area contributed by atoms with E-state index in [1.807, 2.05) is 24.3 Å². The quantitative estimate of drug-likeness (QED) is 0.756. The van der Waals surface area contributed by atoms with Crippen LogP contribution in [0.2, 0.25) is 10.0 Å². The van der Waals surface area contributed by atoms with Crippen molar-refractivity contribution in [2.24, 2.45) is 0 Å². The van der Waals surface area contributed by atoms with Crippen molar-refractivity contribution < 1.29 is 13.2 Å². The van der Waals surface area contributed by atoms with Gasteiger partial charge >= 0.3 is 0 Å². The molecular weight excluding hydrogens is 389 g/mol. The van der Waals surface area contributed by atoms with Gasteiger partial charge in [-0.05, 0) is 24.3 Å². The topological polar surface area (TPSA) is 46.6 Å². The molecule has 0 aliphatic carbocycles. The fourth-order valence-electron chi connectivity index (χ4n) is 2.59. The van der Waals surface area contributed by atoms with Crippen molar-refractivity contribution in [3.05, 3.63) is 58.1 Å². The fraction of sp³-hybridized carbons (Fsp3) is 0.250. The van der Waals surface area contributed by atoms with Gasteiger partial charge < -0.3 is 4.74 Å². The van der Waals surface area contributed by atoms with E-state index in [-0.39, 0.29) is 15.3 Å². The number of hydrogen-bond acceptors (Lipinski definition) is 4. The second kappa shape index (κ2) is 7.14. The van der Waals surface area contributed by atoms with Gasteiger partial charge in [0, 0.05) is 17.9 Å². The molecule has 0 bridgehead atoms. The molecule has 0 spiro atoms. The second-order valence-corrected chi connectivity index (χ2v) is 9.05. The zero-order valence-electron chi connectivity index (χ0n) is 12.8. The van der Waals surface area contributed by atoms with Gasteiger partial charge in [-0.3, -0.25) is 0 Å². The van der Waals surface area contributed by atoms with Crippen LogP contribution >= 0.6 is 35.0 Å². The van der Waals surface area contributed by atoms with Crippen molar-refractivity contribution in [3.63, 3.8) is 0 Å². The summed E-state index contributed by atoms with van der Waals surface area (Å²) in [5.41, 5.74) is 0.839. The summed E-state index contributed by atoms with van der Waals surface area (Å²) in [4.78, 5) is 0.138. The number of thioether (sulfide) groups is 1. The molecule has 24 heavy (non-hydrogen) atoms. The van der Waals surface area contributed by atoms with Gasteiger partial charge in [0.2, 0.25) is 10.0 Å². The molecule has 1 saturated heterocycles. The summed E-state index contributed by atoms with van der Waals surface area (Å²) >= 11 is 13.5. The van der Waals surface area contributed by atoms with Crippen LogP contribution in [0.25, 0.3) is 0 Å². The third kappa shape index (κ3) is 3.26. The van der Waals surface area contributed by atoms with E-state index in [1.54, 1.807) is 18.9 Å². The van der Waals surface area contributed by atoms with Gasteiger partial charge in [-0.2, -0.15) is 4.31 Å². The summed E-state index contributed by atoms with van der Waals surface area (Å²) in [6.45, 7) is 0.427. The molecule has 2 aromatic carbocycles. The Morgan fingerprint density at radius 3 is 2.62 bits per heavy atom. The van der Waals surface area contributed by atoms with Crippen LogP contribution in [-0.4, -0.2) is 32.1 Å². The van der Waals surface area contributed by atoms with Gasteiger partial charge in [0.05, 0.1) is 27.4 Å². The molecule has 3 rings (SSSR count). The van der Waals surface area contributed by atoms with E-state index < -0.39 is 10.0 Å². The minimum absolute atomic E-state index is 0.138. The Morgan fingerprint density at radius 2 is 1.92 bits per heavy atom. The zero-order valence-corrected chi connectivity index (χ0v) is 15.9. The molecule has 128 valence electrons. The first-order chi connectivity index (χ1) is 11.4. The largest absolute Gasteiger partial charge is 0.496 e. The third-order valence-corrected chi connectivity index (χ3v) is 7.73. The average molecular weight is 404 g/mol. The molecule has 1 aliphatic rings. The molecule has 1 aliphatic heterocycles. The normalized spacial score (nSPS) is 18.7. The van der Waals surface area contributed by atoms with E-state index in [0.717, 1.165) is 5.56 Å². The molecule has 2 aromatic rings. The lowest BCUT2D eigenvalue weighted by Crippen LogP contribution is -2.30. The highest BCUT2D eigenvalue weighted by Crippen LogP contribution is 2.44. The molecule has 0 saturated carbocycles. The number of methoxy groups -OCH3 is 1. The summed E-state index contributed by atoms with van der Waals surface area (Å²) in [5, 5.41) is 0.215. The van der Waals surface area contributed by atoms with Crippen molar-refractivity contribution in [2.45, 2.75) is 10.3 Å². The highest BCUT2D eigenvalue weighted by atomic mass is 35.5. The lowest BCUT2D eigenvalue weighted by molar-refractivity contribution is 0.390. The van der Waals surface area contributed by atoms with Crippen molar-refractivity contribution in [3.8, 4) is 5.75 Å². The Morgan fingerprint density at radius 1 is 1.17 bits per heavy atom. The highest BCUT2D eigenvalue weighted by molar-refractivity contribution is 8.01. The molecule has 4 nitrogen and oxygen atoms in total. The lowest BCUT2D eigenvalue weighted by atomic mass is 10.2. The molecule has 8 heteroatoms. The van der Waals surface area contributed by atoms with Crippen molar-refractivity contribution in [1.29, 1.82) is 0 Å². The maximum Gasteiger partial charge on any atom is 0.244 e. The molecule has 0 aromatic heterocycles. The van der Waals surface area contributed by atoms with E-state index in [9.17, 15) is 8.42 Å². The smallest absolute Gasteiger partial charge is 0.244 e. The third-order valence-electron chi connectivity index (χ3n) is 3.75. The lowest BCUT2D eigenvalue weighted by Gasteiger charge is -2.25. The maximum absolute atomic E-state index is 13.1. The number of rotatable bonds is 4. The number of halogens is 2. The Balaban J connectivity index is 2.02. The average Bonchev–Trinajstić information content (AvgIpc) is 3.07. The molecule has 1 atom stereocenters. The summed E-state index contributed by atoms with van der Waals surface area (Å²) in [7, 11) is -2.11. The predicted molar refractivity (Wildman–Crippen MR) is 98.5 cm³/mol. The Bertz CT molecular complexity index is 858. The summed E-state index contributed by atoms with van der Waals surface area (Å²) in [5.74, 6) is 1.38. The SMILES string of the molecule is COc1ccccc1[C@H]1SCCN1S(=O)(=O)c1ccc(Cl)c(Cl)c1. The molecule has 0 unspecified atom stereocenters. The molecule has 0 amide bonds. The minimum atomic E-state index is -3.69. The number of nitrogens with zero attached hydrogens (tertiary/aromatic N) is 1. The molecule has 1 heterocycles. The highest BCUT2D eigenvalue weighted by Gasteiger charge is 2.38. The molecule has 0 radical (unpaired) electrons. The first-order valence-electron chi connectivity index (χ1n) is 7.16. The number of hydrogen-bond donors (Lipinski definition) is 0. The number of ether oxygens (including phenoxy) is 1. The van der Waals surface area contributed by atoms with Crippen LogP contribution in [0.4, 0.5) is 0 Å². The van der Waals surface area contributed by atoms with Gasteiger partial charge in [0.15, 0.2) is 0 Å².